The number of rotatable bonds is 3. The first-order valence-corrected chi connectivity index (χ1v) is 7.80. The summed E-state index contributed by atoms with van der Waals surface area (Å²) in [4.78, 5) is 24.3. The van der Waals surface area contributed by atoms with Crippen LogP contribution in [0.5, 0.6) is 0 Å². The molecule has 0 aliphatic carbocycles. The first-order chi connectivity index (χ1) is 11.2. The van der Waals surface area contributed by atoms with Crippen molar-refractivity contribution >= 4 is 11.8 Å². The molecule has 1 aromatic heterocycles. The Morgan fingerprint density at radius 1 is 1.22 bits per heavy atom. The van der Waals surface area contributed by atoms with E-state index in [4.69, 9.17) is 0 Å². The number of amides is 2. The number of nitrogens with one attached hydrogen (secondary N) is 1. The summed E-state index contributed by atoms with van der Waals surface area (Å²) >= 11 is 0. The molecule has 0 unspecified atom stereocenters. The molecule has 6 nitrogen and oxygen atoms in total. The van der Waals surface area contributed by atoms with Crippen LogP contribution in [0.3, 0.4) is 0 Å². The van der Waals surface area contributed by atoms with Crippen LogP contribution in [0.4, 0.5) is 10.6 Å². The maximum atomic E-state index is 12.2. The highest BCUT2D eigenvalue weighted by Crippen LogP contribution is 2.11. The number of hydrogen-bond donors (Lipinski definition) is 1. The SMILES string of the molecule is Cc1cccc(CN2CCN(C(=O)Nc3ccncn3)CC2)c1. The number of anilines is 1. The monoisotopic (exact) mass is 311 g/mol. The quantitative estimate of drug-likeness (QED) is 0.943. The average molecular weight is 311 g/mol. The van der Waals surface area contributed by atoms with Crippen molar-refractivity contribution in [2.45, 2.75) is 13.5 Å². The summed E-state index contributed by atoms with van der Waals surface area (Å²) in [6, 6.07) is 10.2. The number of urea groups is 1. The van der Waals surface area contributed by atoms with E-state index in [1.54, 1.807) is 12.3 Å². The van der Waals surface area contributed by atoms with Gasteiger partial charge in [-0.25, -0.2) is 14.8 Å². The normalized spacial score (nSPS) is 15.4. The first-order valence-electron chi connectivity index (χ1n) is 7.80. The molecule has 1 fully saturated rings. The maximum absolute atomic E-state index is 12.2. The molecule has 2 aromatic rings. The predicted octanol–water partition coefficient (Wildman–Crippen LogP) is 2.13. The third-order valence-corrected chi connectivity index (χ3v) is 3.97. The van der Waals surface area contributed by atoms with Crippen LogP contribution in [0, 0.1) is 6.92 Å². The fourth-order valence-corrected chi connectivity index (χ4v) is 2.73. The van der Waals surface area contributed by atoms with E-state index in [1.165, 1.54) is 17.5 Å². The predicted molar refractivity (Wildman–Crippen MR) is 89.1 cm³/mol. The molecule has 120 valence electrons. The second-order valence-electron chi connectivity index (χ2n) is 5.78. The highest BCUT2D eigenvalue weighted by atomic mass is 16.2. The number of aromatic nitrogens is 2. The molecule has 23 heavy (non-hydrogen) atoms. The minimum absolute atomic E-state index is 0.0982. The van der Waals surface area contributed by atoms with Gasteiger partial charge in [0.05, 0.1) is 0 Å². The minimum Gasteiger partial charge on any atom is -0.322 e. The fourth-order valence-electron chi connectivity index (χ4n) is 2.73. The van der Waals surface area contributed by atoms with E-state index in [9.17, 15) is 4.79 Å². The van der Waals surface area contributed by atoms with Gasteiger partial charge in [-0.3, -0.25) is 10.2 Å². The topological polar surface area (TPSA) is 61.4 Å². The lowest BCUT2D eigenvalue weighted by Crippen LogP contribution is -2.49. The number of benzene rings is 1. The average Bonchev–Trinajstić information content (AvgIpc) is 2.56. The number of carbonyl (C=O) groups excluding carboxylic acids is 1. The van der Waals surface area contributed by atoms with Crippen molar-refractivity contribution < 1.29 is 4.79 Å². The van der Waals surface area contributed by atoms with Crippen LogP contribution < -0.4 is 5.32 Å². The van der Waals surface area contributed by atoms with Crippen molar-refractivity contribution in [3.05, 3.63) is 54.0 Å². The third kappa shape index (κ3) is 4.26. The molecule has 1 aromatic carbocycles. The Balaban J connectivity index is 1.49. The number of aryl methyl sites for hydroxylation is 1. The Morgan fingerprint density at radius 2 is 2.04 bits per heavy atom. The van der Waals surface area contributed by atoms with Crippen molar-refractivity contribution in [3.63, 3.8) is 0 Å². The van der Waals surface area contributed by atoms with Gasteiger partial charge in [-0.2, -0.15) is 0 Å². The Labute approximate surface area is 136 Å². The van der Waals surface area contributed by atoms with Crippen molar-refractivity contribution in [3.8, 4) is 0 Å². The summed E-state index contributed by atoms with van der Waals surface area (Å²) in [5.41, 5.74) is 2.61. The molecule has 0 saturated carbocycles. The summed E-state index contributed by atoms with van der Waals surface area (Å²) in [5, 5.41) is 2.80. The van der Waals surface area contributed by atoms with Crippen LogP contribution in [0.25, 0.3) is 0 Å². The molecule has 1 N–H and O–H groups in total. The van der Waals surface area contributed by atoms with Crippen molar-refractivity contribution in [2.75, 3.05) is 31.5 Å². The van der Waals surface area contributed by atoms with Crippen molar-refractivity contribution in [2.24, 2.45) is 0 Å². The lowest BCUT2D eigenvalue weighted by molar-refractivity contribution is 0.143. The highest BCUT2D eigenvalue weighted by Gasteiger charge is 2.21. The number of nitrogens with zero attached hydrogens (tertiary/aromatic N) is 4. The third-order valence-electron chi connectivity index (χ3n) is 3.97. The van der Waals surface area contributed by atoms with E-state index in [0.29, 0.717) is 5.82 Å². The second kappa shape index (κ2) is 7.19. The summed E-state index contributed by atoms with van der Waals surface area (Å²) in [7, 11) is 0. The molecule has 1 aliphatic rings. The lowest BCUT2D eigenvalue weighted by Gasteiger charge is -2.34. The van der Waals surface area contributed by atoms with Gasteiger partial charge in [0.1, 0.15) is 12.1 Å². The Kier molecular flexibility index (Phi) is 4.83. The first kappa shape index (κ1) is 15.4. The molecule has 0 spiro atoms. The Morgan fingerprint density at radius 3 is 2.74 bits per heavy atom. The summed E-state index contributed by atoms with van der Waals surface area (Å²) in [6.45, 7) is 6.25. The zero-order valence-corrected chi connectivity index (χ0v) is 13.3. The van der Waals surface area contributed by atoms with Crippen LogP contribution in [-0.4, -0.2) is 52.0 Å². The lowest BCUT2D eigenvalue weighted by atomic mass is 10.1. The molecule has 2 amide bonds. The summed E-state index contributed by atoms with van der Waals surface area (Å²) in [6.07, 6.45) is 3.04. The van der Waals surface area contributed by atoms with E-state index in [-0.39, 0.29) is 6.03 Å². The molecule has 2 heterocycles. The molecule has 0 radical (unpaired) electrons. The van der Waals surface area contributed by atoms with Crippen molar-refractivity contribution in [1.29, 1.82) is 0 Å². The van der Waals surface area contributed by atoms with Crippen LogP contribution in [-0.2, 0) is 6.54 Å². The summed E-state index contributed by atoms with van der Waals surface area (Å²) < 4.78 is 0. The molecular formula is C17H21N5O. The minimum atomic E-state index is -0.0982. The molecule has 3 rings (SSSR count). The highest BCUT2D eigenvalue weighted by molar-refractivity contribution is 5.88. The van der Waals surface area contributed by atoms with E-state index < -0.39 is 0 Å². The van der Waals surface area contributed by atoms with Crippen LogP contribution in [0.15, 0.2) is 42.9 Å². The molecule has 6 heteroatoms. The van der Waals surface area contributed by atoms with Gasteiger partial charge in [0.2, 0.25) is 0 Å². The van der Waals surface area contributed by atoms with Gasteiger partial charge in [0.25, 0.3) is 0 Å². The van der Waals surface area contributed by atoms with Gasteiger partial charge in [-0.05, 0) is 18.6 Å². The van der Waals surface area contributed by atoms with Gasteiger partial charge in [0.15, 0.2) is 0 Å². The number of piperazine rings is 1. The maximum Gasteiger partial charge on any atom is 0.323 e. The van der Waals surface area contributed by atoms with Gasteiger partial charge in [0, 0.05) is 38.9 Å². The smallest absolute Gasteiger partial charge is 0.322 e. The largest absolute Gasteiger partial charge is 0.323 e. The standard InChI is InChI=1S/C17H21N5O/c1-14-3-2-4-15(11-14)12-21-7-9-22(10-8-21)17(23)20-16-5-6-18-13-19-16/h2-6,11,13H,7-10,12H2,1H3,(H,18,19,20,23). The van der Waals surface area contributed by atoms with Gasteiger partial charge in [-0.15, -0.1) is 0 Å². The van der Waals surface area contributed by atoms with Crippen molar-refractivity contribution in [1.82, 2.24) is 19.8 Å². The zero-order chi connectivity index (χ0) is 16.1. The number of hydrogen-bond acceptors (Lipinski definition) is 4. The zero-order valence-electron chi connectivity index (χ0n) is 13.3. The number of carbonyl (C=O) groups is 1. The van der Waals surface area contributed by atoms with E-state index in [2.05, 4.69) is 51.4 Å². The van der Waals surface area contributed by atoms with Crippen LogP contribution in [0.2, 0.25) is 0 Å². The molecule has 0 atom stereocenters. The van der Waals surface area contributed by atoms with Gasteiger partial charge in [-0.1, -0.05) is 29.8 Å². The van der Waals surface area contributed by atoms with Crippen LogP contribution in [0.1, 0.15) is 11.1 Å². The Hall–Kier alpha value is -2.47. The molecule has 1 saturated heterocycles. The van der Waals surface area contributed by atoms with E-state index >= 15 is 0 Å². The van der Waals surface area contributed by atoms with E-state index in [1.807, 2.05) is 4.90 Å². The molecule has 1 aliphatic heterocycles. The van der Waals surface area contributed by atoms with Gasteiger partial charge >= 0.3 is 6.03 Å². The van der Waals surface area contributed by atoms with Crippen LogP contribution >= 0.6 is 0 Å². The summed E-state index contributed by atoms with van der Waals surface area (Å²) in [5.74, 6) is 0.534. The molecular weight excluding hydrogens is 290 g/mol. The molecule has 0 bridgehead atoms. The van der Waals surface area contributed by atoms with E-state index in [0.717, 1.165) is 32.7 Å². The fraction of sp³-hybridized carbons (Fsp3) is 0.353. The Bertz CT molecular complexity index is 653. The second-order valence-corrected chi connectivity index (χ2v) is 5.78. The van der Waals surface area contributed by atoms with Gasteiger partial charge < -0.3 is 4.90 Å².